The molecule has 0 heterocycles. The van der Waals surface area contributed by atoms with Crippen molar-refractivity contribution in [2.24, 2.45) is 16.7 Å². The second kappa shape index (κ2) is 4.84. The zero-order valence-corrected chi connectivity index (χ0v) is 10.4. The molecule has 0 amide bonds. The van der Waals surface area contributed by atoms with Crippen molar-refractivity contribution in [3.05, 3.63) is 0 Å². The zero-order chi connectivity index (χ0) is 11.5. The SMILES string of the molecule is CCCC1(CO)CCC(CO)CC1(C)C. The molecule has 0 aromatic carbocycles. The summed E-state index contributed by atoms with van der Waals surface area (Å²) in [7, 11) is 0. The molecule has 2 atom stereocenters. The molecule has 0 spiro atoms. The molecular weight excluding hydrogens is 188 g/mol. The first-order valence-corrected chi connectivity index (χ1v) is 6.23. The van der Waals surface area contributed by atoms with E-state index < -0.39 is 0 Å². The Labute approximate surface area is 93.7 Å². The van der Waals surface area contributed by atoms with Crippen LogP contribution in [0, 0.1) is 16.7 Å². The Bertz CT molecular complexity index is 201. The fraction of sp³-hybridized carbons (Fsp3) is 1.00. The van der Waals surface area contributed by atoms with Crippen LogP contribution in [-0.2, 0) is 0 Å². The minimum atomic E-state index is 0.0907. The normalized spacial score (nSPS) is 35.4. The highest BCUT2D eigenvalue weighted by Crippen LogP contribution is 2.54. The maximum atomic E-state index is 9.70. The Hall–Kier alpha value is -0.0800. The summed E-state index contributed by atoms with van der Waals surface area (Å²) in [6.45, 7) is 7.29. The quantitative estimate of drug-likeness (QED) is 0.755. The fourth-order valence-corrected chi connectivity index (χ4v) is 3.33. The van der Waals surface area contributed by atoms with E-state index in [2.05, 4.69) is 20.8 Å². The van der Waals surface area contributed by atoms with E-state index in [1.807, 2.05) is 0 Å². The monoisotopic (exact) mass is 214 g/mol. The second-order valence-corrected chi connectivity index (χ2v) is 5.86. The van der Waals surface area contributed by atoms with Crippen molar-refractivity contribution in [2.45, 2.75) is 52.9 Å². The third-order valence-corrected chi connectivity index (χ3v) is 4.56. The molecule has 0 saturated heterocycles. The molecule has 1 aliphatic rings. The predicted octanol–water partition coefficient (Wildman–Crippen LogP) is 2.58. The molecule has 1 fully saturated rings. The first kappa shape index (κ1) is 13.0. The highest BCUT2D eigenvalue weighted by Gasteiger charge is 2.47. The zero-order valence-electron chi connectivity index (χ0n) is 10.4. The van der Waals surface area contributed by atoms with E-state index in [1.165, 1.54) is 0 Å². The third kappa shape index (κ3) is 2.36. The fourth-order valence-electron chi connectivity index (χ4n) is 3.33. The van der Waals surface area contributed by atoms with Gasteiger partial charge in [0.25, 0.3) is 0 Å². The molecular formula is C13H26O2. The summed E-state index contributed by atoms with van der Waals surface area (Å²) < 4.78 is 0. The van der Waals surface area contributed by atoms with Gasteiger partial charge in [0.1, 0.15) is 0 Å². The van der Waals surface area contributed by atoms with Gasteiger partial charge in [-0.3, -0.25) is 0 Å². The standard InChI is InChI=1S/C13H26O2/c1-4-6-13(10-15)7-5-11(9-14)8-12(13,2)3/h11,14-15H,4-10H2,1-3H3. The van der Waals surface area contributed by atoms with Crippen molar-refractivity contribution >= 4 is 0 Å². The van der Waals surface area contributed by atoms with Gasteiger partial charge in [0.2, 0.25) is 0 Å². The Morgan fingerprint density at radius 3 is 2.33 bits per heavy atom. The summed E-state index contributed by atoms with van der Waals surface area (Å²) in [5.41, 5.74) is 0.247. The summed E-state index contributed by atoms with van der Waals surface area (Å²) in [5.74, 6) is 0.441. The van der Waals surface area contributed by atoms with Crippen LogP contribution in [0.1, 0.15) is 52.9 Å². The molecule has 15 heavy (non-hydrogen) atoms. The van der Waals surface area contributed by atoms with Crippen molar-refractivity contribution in [3.63, 3.8) is 0 Å². The van der Waals surface area contributed by atoms with Gasteiger partial charge in [-0.1, -0.05) is 27.2 Å². The molecule has 1 saturated carbocycles. The van der Waals surface area contributed by atoms with Crippen LogP contribution < -0.4 is 0 Å². The van der Waals surface area contributed by atoms with Gasteiger partial charge in [-0.2, -0.15) is 0 Å². The molecule has 0 bridgehead atoms. The van der Waals surface area contributed by atoms with Gasteiger partial charge in [0.15, 0.2) is 0 Å². The van der Waals surface area contributed by atoms with Crippen molar-refractivity contribution in [1.82, 2.24) is 0 Å². The van der Waals surface area contributed by atoms with Gasteiger partial charge in [-0.15, -0.1) is 0 Å². The number of rotatable bonds is 4. The number of aliphatic hydroxyl groups is 2. The number of hydrogen-bond donors (Lipinski definition) is 2. The van der Waals surface area contributed by atoms with Crippen LogP contribution in [0.4, 0.5) is 0 Å². The summed E-state index contributed by atoms with van der Waals surface area (Å²) in [6, 6.07) is 0. The molecule has 2 N–H and O–H groups in total. The smallest absolute Gasteiger partial charge is 0.0492 e. The molecule has 1 rings (SSSR count). The van der Waals surface area contributed by atoms with Gasteiger partial charge in [0.05, 0.1) is 0 Å². The Morgan fingerprint density at radius 1 is 1.27 bits per heavy atom. The lowest BCUT2D eigenvalue weighted by atomic mass is 9.54. The van der Waals surface area contributed by atoms with Crippen molar-refractivity contribution in [1.29, 1.82) is 0 Å². The van der Waals surface area contributed by atoms with Crippen LogP contribution >= 0.6 is 0 Å². The molecule has 90 valence electrons. The maximum Gasteiger partial charge on any atom is 0.0492 e. The summed E-state index contributed by atoms with van der Waals surface area (Å²) in [6.07, 6.45) is 5.42. The molecule has 0 aliphatic heterocycles. The van der Waals surface area contributed by atoms with Gasteiger partial charge >= 0.3 is 0 Å². The molecule has 0 aromatic heterocycles. The molecule has 0 aromatic rings. The van der Waals surface area contributed by atoms with Crippen molar-refractivity contribution in [2.75, 3.05) is 13.2 Å². The lowest BCUT2D eigenvalue weighted by Gasteiger charge is -2.52. The van der Waals surface area contributed by atoms with E-state index in [0.29, 0.717) is 19.1 Å². The first-order chi connectivity index (χ1) is 7.01. The van der Waals surface area contributed by atoms with Gasteiger partial charge in [-0.25, -0.2) is 0 Å². The van der Waals surface area contributed by atoms with Gasteiger partial charge in [-0.05, 0) is 42.4 Å². The lowest BCUT2D eigenvalue weighted by molar-refractivity contribution is -0.0667. The van der Waals surface area contributed by atoms with Crippen LogP contribution in [0.3, 0.4) is 0 Å². The van der Waals surface area contributed by atoms with E-state index in [9.17, 15) is 10.2 Å². The molecule has 2 nitrogen and oxygen atoms in total. The van der Waals surface area contributed by atoms with Crippen LogP contribution in [0.15, 0.2) is 0 Å². The number of hydrogen-bond acceptors (Lipinski definition) is 2. The van der Waals surface area contributed by atoms with Gasteiger partial charge < -0.3 is 10.2 Å². The lowest BCUT2D eigenvalue weighted by Crippen LogP contribution is -2.46. The number of aliphatic hydroxyl groups excluding tert-OH is 2. The average molecular weight is 214 g/mol. The maximum absolute atomic E-state index is 9.70. The van der Waals surface area contributed by atoms with Gasteiger partial charge in [0, 0.05) is 13.2 Å². The van der Waals surface area contributed by atoms with E-state index in [1.54, 1.807) is 0 Å². The summed E-state index contributed by atoms with van der Waals surface area (Å²) >= 11 is 0. The van der Waals surface area contributed by atoms with Crippen LogP contribution in [0.5, 0.6) is 0 Å². The molecule has 0 radical (unpaired) electrons. The molecule has 2 heteroatoms. The van der Waals surface area contributed by atoms with E-state index in [-0.39, 0.29) is 10.8 Å². The minimum Gasteiger partial charge on any atom is -0.396 e. The van der Waals surface area contributed by atoms with Crippen molar-refractivity contribution < 1.29 is 10.2 Å². The second-order valence-electron chi connectivity index (χ2n) is 5.86. The van der Waals surface area contributed by atoms with E-state index in [0.717, 1.165) is 32.1 Å². The first-order valence-electron chi connectivity index (χ1n) is 6.23. The summed E-state index contributed by atoms with van der Waals surface area (Å²) in [5, 5.41) is 18.9. The largest absolute Gasteiger partial charge is 0.396 e. The van der Waals surface area contributed by atoms with Crippen LogP contribution in [-0.4, -0.2) is 23.4 Å². The third-order valence-electron chi connectivity index (χ3n) is 4.56. The highest BCUT2D eigenvalue weighted by molar-refractivity contribution is 4.97. The summed E-state index contributed by atoms with van der Waals surface area (Å²) in [4.78, 5) is 0. The Kier molecular flexibility index (Phi) is 4.19. The minimum absolute atomic E-state index is 0.0907. The Morgan fingerprint density at radius 2 is 1.93 bits per heavy atom. The average Bonchev–Trinajstić information content (AvgIpc) is 2.20. The molecule has 1 aliphatic carbocycles. The predicted molar refractivity (Wildman–Crippen MR) is 62.6 cm³/mol. The highest BCUT2D eigenvalue weighted by atomic mass is 16.3. The van der Waals surface area contributed by atoms with Crippen molar-refractivity contribution in [3.8, 4) is 0 Å². The van der Waals surface area contributed by atoms with Crippen LogP contribution in [0.2, 0.25) is 0 Å². The van der Waals surface area contributed by atoms with E-state index >= 15 is 0 Å². The van der Waals surface area contributed by atoms with Crippen LogP contribution in [0.25, 0.3) is 0 Å². The van der Waals surface area contributed by atoms with E-state index in [4.69, 9.17) is 0 Å². The topological polar surface area (TPSA) is 40.5 Å². The Balaban J connectivity index is 2.80. The molecule has 2 unspecified atom stereocenters.